The van der Waals surface area contributed by atoms with Gasteiger partial charge in [-0.2, -0.15) is 0 Å². The Balaban J connectivity index is 1.92. The largest absolute Gasteiger partial charge is 0.385 e. The second-order valence-electron chi connectivity index (χ2n) is 6.30. The number of rotatable bonds is 4. The van der Waals surface area contributed by atoms with Crippen LogP contribution in [-0.2, 0) is 5.41 Å². The number of nitrogens with one attached hydrogen (secondary N) is 2. The number of anilines is 1. The van der Waals surface area contributed by atoms with Crippen LogP contribution in [0.3, 0.4) is 0 Å². The van der Waals surface area contributed by atoms with Crippen LogP contribution in [0.4, 0.5) is 5.69 Å². The molecule has 0 aliphatic carbocycles. The Bertz CT molecular complexity index is 373. The summed E-state index contributed by atoms with van der Waals surface area (Å²) in [6, 6.07) is 9.40. The van der Waals surface area contributed by atoms with Crippen LogP contribution in [0, 0.1) is 0 Å². The molecule has 0 aromatic heterocycles. The van der Waals surface area contributed by atoms with Gasteiger partial charge in [0, 0.05) is 18.3 Å². The summed E-state index contributed by atoms with van der Waals surface area (Å²) in [7, 11) is 0. The monoisotopic (exact) mass is 246 g/mol. The van der Waals surface area contributed by atoms with Crippen molar-refractivity contribution in [3.63, 3.8) is 0 Å². The van der Waals surface area contributed by atoms with Crippen molar-refractivity contribution < 1.29 is 0 Å². The van der Waals surface area contributed by atoms with Gasteiger partial charge in [-0.1, -0.05) is 39.0 Å². The van der Waals surface area contributed by atoms with E-state index in [4.69, 9.17) is 0 Å². The van der Waals surface area contributed by atoms with Gasteiger partial charge in [0.15, 0.2) is 0 Å². The normalized spacial score (nSPS) is 20.1. The zero-order chi connectivity index (χ0) is 13.0. The Labute approximate surface area is 111 Å². The highest BCUT2D eigenvalue weighted by Gasteiger charge is 2.18. The maximum atomic E-state index is 3.61. The summed E-state index contributed by atoms with van der Waals surface area (Å²) >= 11 is 0. The van der Waals surface area contributed by atoms with Crippen LogP contribution in [0.5, 0.6) is 0 Å². The zero-order valence-electron chi connectivity index (χ0n) is 11.9. The van der Waals surface area contributed by atoms with Gasteiger partial charge in [-0.05, 0) is 42.9 Å². The molecule has 1 aromatic carbocycles. The molecule has 0 bridgehead atoms. The van der Waals surface area contributed by atoms with Gasteiger partial charge in [-0.3, -0.25) is 0 Å². The van der Waals surface area contributed by atoms with Gasteiger partial charge in [0.2, 0.25) is 0 Å². The Morgan fingerprint density at radius 3 is 2.72 bits per heavy atom. The second-order valence-corrected chi connectivity index (χ2v) is 6.30. The summed E-state index contributed by atoms with van der Waals surface area (Å²) in [6.07, 6.45) is 3.89. The molecule has 0 spiro atoms. The summed E-state index contributed by atoms with van der Waals surface area (Å²) in [5.74, 6) is 0. The van der Waals surface area contributed by atoms with Crippen molar-refractivity contribution in [1.82, 2.24) is 5.32 Å². The molecule has 100 valence electrons. The third-order valence-corrected chi connectivity index (χ3v) is 3.71. The fourth-order valence-electron chi connectivity index (χ4n) is 2.68. The summed E-state index contributed by atoms with van der Waals surface area (Å²) < 4.78 is 0. The van der Waals surface area contributed by atoms with E-state index in [-0.39, 0.29) is 5.41 Å². The van der Waals surface area contributed by atoms with Gasteiger partial charge in [0.05, 0.1) is 0 Å². The van der Waals surface area contributed by atoms with Crippen molar-refractivity contribution in [2.45, 2.75) is 51.5 Å². The van der Waals surface area contributed by atoms with Crippen molar-refractivity contribution in [2.75, 3.05) is 18.4 Å². The van der Waals surface area contributed by atoms with Gasteiger partial charge in [-0.25, -0.2) is 0 Å². The fraction of sp³-hybridized carbons (Fsp3) is 0.625. The lowest BCUT2D eigenvalue weighted by Crippen LogP contribution is -2.24. The molecule has 2 rings (SSSR count). The molecular weight excluding hydrogens is 220 g/mol. The molecule has 1 saturated heterocycles. The third-order valence-electron chi connectivity index (χ3n) is 3.71. The first-order valence-corrected chi connectivity index (χ1v) is 7.14. The van der Waals surface area contributed by atoms with Gasteiger partial charge < -0.3 is 10.6 Å². The molecule has 0 saturated carbocycles. The molecule has 0 amide bonds. The topological polar surface area (TPSA) is 24.1 Å². The number of para-hydroxylation sites is 1. The smallest absolute Gasteiger partial charge is 0.0378 e. The quantitative estimate of drug-likeness (QED) is 0.849. The standard InChI is InChI=1S/C16H26N2/c1-16(2,3)14-8-4-5-9-15(14)18-12-10-13-7-6-11-17-13/h4-5,8-9,13,17-18H,6-7,10-12H2,1-3H3. The highest BCUT2D eigenvalue weighted by Crippen LogP contribution is 2.29. The maximum absolute atomic E-state index is 3.61. The predicted octanol–water partition coefficient (Wildman–Crippen LogP) is 3.54. The highest BCUT2D eigenvalue weighted by molar-refractivity contribution is 5.54. The van der Waals surface area contributed by atoms with Crippen molar-refractivity contribution in [2.24, 2.45) is 0 Å². The average molecular weight is 246 g/mol. The van der Waals surface area contributed by atoms with E-state index in [0.29, 0.717) is 0 Å². The molecule has 1 heterocycles. The molecule has 1 aromatic rings. The van der Waals surface area contributed by atoms with E-state index in [1.165, 1.54) is 37.1 Å². The van der Waals surface area contributed by atoms with Crippen LogP contribution in [0.25, 0.3) is 0 Å². The van der Waals surface area contributed by atoms with Crippen LogP contribution < -0.4 is 10.6 Å². The molecular formula is C16H26N2. The molecule has 1 unspecified atom stereocenters. The first-order valence-electron chi connectivity index (χ1n) is 7.14. The molecule has 1 fully saturated rings. The van der Waals surface area contributed by atoms with E-state index >= 15 is 0 Å². The van der Waals surface area contributed by atoms with Gasteiger partial charge in [0.1, 0.15) is 0 Å². The first-order chi connectivity index (χ1) is 8.57. The molecule has 2 nitrogen and oxygen atoms in total. The molecule has 2 N–H and O–H groups in total. The lowest BCUT2D eigenvalue weighted by atomic mass is 9.86. The molecule has 1 aliphatic heterocycles. The number of hydrogen-bond donors (Lipinski definition) is 2. The predicted molar refractivity (Wildman–Crippen MR) is 79.3 cm³/mol. The lowest BCUT2D eigenvalue weighted by Gasteiger charge is -2.23. The van der Waals surface area contributed by atoms with Crippen molar-refractivity contribution in [3.05, 3.63) is 29.8 Å². The molecule has 0 radical (unpaired) electrons. The van der Waals surface area contributed by atoms with E-state index in [0.717, 1.165) is 12.6 Å². The Morgan fingerprint density at radius 1 is 1.28 bits per heavy atom. The van der Waals surface area contributed by atoms with Crippen LogP contribution in [-0.4, -0.2) is 19.1 Å². The average Bonchev–Trinajstić information content (AvgIpc) is 2.81. The minimum atomic E-state index is 0.204. The van der Waals surface area contributed by atoms with Crippen molar-refractivity contribution in [3.8, 4) is 0 Å². The van der Waals surface area contributed by atoms with Gasteiger partial charge in [0.25, 0.3) is 0 Å². The number of benzene rings is 1. The maximum Gasteiger partial charge on any atom is 0.0378 e. The van der Waals surface area contributed by atoms with Crippen molar-refractivity contribution >= 4 is 5.69 Å². The fourth-order valence-corrected chi connectivity index (χ4v) is 2.68. The molecule has 1 aliphatic rings. The highest BCUT2D eigenvalue weighted by atomic mass is 15.0. The van der Waals surface area contributed by atoms with Crippen LogP contribution in [0.1, 0.15) is 45.6 Å². The van der Waals surface area contributed by atoms with E-state index in [1.54, 1.807) is 0 Å². The Hall–Kier alpha value is -1.02. The summed E-state index contributed by atoms with van der Waals surface area (Å²) in [6.45, 7) is 9.07. The third kappa shape index (κ3) is 3.49. The first kappa shape index (κ1) is 13.4. The lowest BCUT2D eigenvalue weighted by molar-refractivity contribution is 0.571. The minimum absolute atomic E-state index is 0.204. The van der Waals surface area contributed by atoms with Crippen LogP contribution in [0.15, 0.2) is 24.3 Å². The number of hydrogen-bond acceptors (Lipinski definition) is 2. The SMILES string of the molecule is CC(C)(C)c1ccccc1NCCC1CCCN1. The van der Waals surface area contributed by atoms with Gasteiger partial charge >= 0.3 is 0 Å². The summed E-state index contributed by atoms with van der Waals surface area (Å²) in [5, 5.41) is 7.15. The Kier molecular flexibility index (Phi) is 4.28. The van der Waals surface area contributed by atoms with Gasteiger partial charge in [-0.15, -0.1) is 0 Å². The summed E-state index contributed by atoms with van der Waals surface area (Å²) in [5.41, 5.74) is 2.90. The van der Waals surface area contributed by atoms with E-state index in [9.17, 15) is 0 Å². The molecule has 2 heteroatoms. The van der Waals surface area contributed by atoms with Crippen LogP contribution in [0.2, 0.25) is 0 Å². The summed E-state index contributed by atoms with van der Waals surface area (Å²) in [4.78, 5) is 0. The van der Waals surface area contributed by atoms with Crippen molar-refractivity contribution in [1.29, 1.82) is 0 Å². The zero-order valence-corrected chi connectivity index (χ0v) is 11.9. The minimum Gasteiger partial charge on any atom is -0.385 e. The Morgan fingerprint density at radius 2 is 2.06 bits per heavy atom. The van der Waals surface area contributed by atoms with Crippen LogP contribution >= 0.6 is 0 Å². The van der Waals surface area contributed by atoms with E-state index in [2.05, 4.69) is 55.7 Å². The molecule has 1 atom stereocenters. The second kappa shape index (κ2) is 5.75. The van der Waals surface area contributed by atoms with E-state index in [1.807, 2.05) is 0 Å². The van der Waals surface area contributed by atoms with E-state index < -0.39 is 0 Å². The molecule has 18 heavy (non-hydrogen) atoms.